The lowest BCUT2D eigenvalue weighted by atomic mass is 9.93. The summed E-state index contributed by atoms with van der Waals surface area (Å²) in [6.07, 6.45) is 9.20. The lowest BCUT2D eigenvalue weighted by Gasteiger charge is -2.36. The van der Waals surface area contributed by atoms with Crippen LogP contribution in [0.2, 0.25) is 0 Å². The number of nitrogens with zero attached hydrogens (tertiary/aromatic N) is 1. The van der Waals surface area contributed by atoms with Gasteiger partial charge in [-0.2, -0.15) is 0 Å². The monoisotopic (exact) mass is 284 g/mol. The predicted octanol–water partition coefficient (Wildman–Crippen LogP) is 3.03. The smallest absolute Gasteiger partial charge is 0.0558 e. The highest BCUT2D eigenvalue weighted by atomic mass is 16.3. The largest absolute Gasteiger partial charge is 0.395 e. The van der Waals surface area contributed by atoms with Gasteiger partial charge < -0.3 is 10.4 Å². The maximum Gasteiger partial charge on any atom is 0.0558 e. The Morgan fingerprint density at radius 3 is 2.40 bits per heavy atom. The molecule has 20 heavy (non-hydrogen) atoms. The van der Waals surface area contributed by atoms with E-state index in [1.165, 1.54) is 44.9 Å². The van der Waals surface area contributed by atoms with Crippen LogP contribution in [-0.4, -0.2) is 48.3 Å². The molecule has 120 valence electrons. The van der Waals surface area contributed by atoms with Crippen molar-refractivity contribution in [2.24, 2.45) is 5.92 Å². The quantitative estimate of drug-likeness (QED) is 0.639. The number of hydrogen-bond acceptors (Lipinski definition) is 3. The molecular weight excluding hydrogens is 248 g/mol. The molecule has 1 aliphatic rings. The Morgan fingerprint density at radius 1 is 1.10 bits per heavy atom. The van der Waals surface area contributed by atoms with E-state index >= 15 is 0 Å². The minimum atomic E-state index is 0.287. The fraction of sp³-hybridized carbons (Fsp3) is 1.00. The Labute approximate surface area is 126 Å². The van der Waals surface area contributed by atoms with Crippen LogP contribution in [0.4, 0.5) is 0 Å². The van der Waals surface area contributed by atoms with Gasteiger partial charge in [0.05, 0.1) is 6.61 Å². The molecule has 2 N–H and O–H groups in total. The molecule has 0 heterocycles. The minimum absolute atomic E-state index is 0.287. The van der Waals surface area contributed by atoms with Crippen LogP contribution in [0, 0.1) is 5.92 Å². The molecule has 1 rings (SSSR count). The average molecular weight is 284 g/mol. The SMILES string of the molecule is CCNC1CCCCCC1CN(CCO)C(CC)CC. The molecule has 3 heteroatoms. The van der Waals surface area contributed by atoms with Gasteiger partial charge in [0.15, 0.2) is 0 Å². The number of aliphatic hydroxyl groups excluding tert-OH is 1. The minimum Gasteiger partial charge on any atom is -0.395 e. The van der Waals surface area contributed by atoms with Gasteiger partial charge in [0.1, 0.15) is 0 Å². The van der Waals surface area contributed by atoms with E-state index < -0.39 is 0 Å². The zero-order valence-electron chi connectivity index (χ0n) is 13.9. The fourth-order valence-electron chi connectivity index (χ4n) is 3.79. The highest BCUT2D eigenvalue weighted by Crippen LogP contribution is 2.25. The molecule has 0 spiro atoms. The molecule has 1 saturated carbocycles. The van der Waals surface area contributed by atoms with Crippen LogP contribution in [-0.2, 0) is 0 Å². The highest BCUT2D eigenvalue weighted by molar-refractivity contribution is 4.83. The van der Waals surface area contributed by atoms with Gasteiger partial charge >= 0.3 is 0 Å². The Balaban J connectivity index is 2.65. The predicted molar refractivity (Wildman–Crippen MR) is 87.1 cm³/mol. The van der Waals surface area contributed by atoms with Gasteiger partial charge in [-0.15, -0.1) is 0 Å². The van der Waals surface area contributed by atoms with Crippen LogP contribution in [0.3, 0.4) is 0 Å². The lowest BCUT2D eigenvalue weighted by Crippen LogP contribution is -2.46. The summed E-state index contributed by atoms with van der Waals surface area (Å²) >= 11 is 0. The van der Waals surface area contributed by atoms with E-state index in [1.807, 2.05) is 0 Å². The maximum absolute atomic E-state index is 9.37. The number of hydrogen-bond donors (Lipinski definition) is 2. The number of rotatable bonds is 9. The molecule has 3 nitrogen and oxygen atoms in total. The van der Waals surface area contributed by atoms with Crippen LogP contribution in [0.1, 0.15) is 65.7 Å². The Morgan fingerprint density at radius 2 is 1.80 bits per heavy atom. The van der Waals surface area contributed by atoms with Crippen molar-refractivity contribution in [2.75, 3.05) is 26.2 Å². The molecule has 2 atom stereocenters. The summed E-state index contributed by atoms with van der Waals surface area (Å²) < 4.78 is 0. The molecule has 0 aliphatic heterocycles. The molecule has 0 aromatic heterocycles. The fourth-order valence-corrected chi connectivity index (χ4v) is 3.79. The van der Waals surface area contributed by atoms with Crippen LogP contribution in [0.5, 0.6) is 0 Å². The van der Waals surface area contributed by atoms with E-state index in [-0.39, 0.29) is 6.61 Å². The molecule has 0 amide bonds. The second-order valence-electron chi connectivity index (χ2n) is 6.25. The zero-order chi connectivity index (χ0) is 14.8. The molecule has 0 aromatic rings. The number of nitrogens with one attached hydrogen (secondary N) is 1. The summed E-state index contributed by atoms with van der Waals surface area (Å²) in [6, 6.07) is 1.31. The summed E-state index contributed by atoms with van der Waals surface area (Å²) in [6.45, 7) is 10.1. The summed E-state index contributed by atoms with van der Waals surface area (Å²) in [5, 5.41) is 13.1. The van der Waals surface area contributed by atoms with Crippen molar-refractivity contribution < 1.29 is 5.11 Å². The normalized spacial score (nSPS) is 24.3. The first kappa shape index (κ1) is 17.9. The van der Waals surface area contributed by atoms with Gasteiger partial charge in [0, 0.05) is 25.2 Å². The van der Waals surface area contributed by atoms with Crippen molar-refractivity contribution in [2.45, 2.75) is 77.8 Å². The van der Waals surface area contributed by atoms with Crippen molar-refractivity contribution in [3.8, 4) is 0 Å². The van der Waals surface area contributed by atoms with E-state index in [9.17, 15) is 5.11 Å². The van der Waals surface area contributed by atoms with E-state index in [0.717, 1.165) is 25.6 Å². The van der Waals surface area contributed by atoms with E-state index in [4.69, 9.17) is 0 Å². The van der Waals surface area contributed by atoms with Gasteiger partial charge in [0.2, 0.25) is 0 Å². The highest BCUT2D eigenvalue weighted by Gasteiger charge is 2.26. The van der Waals surface area contributed by atoms with Crippen molar-refractivity contribution >= 4 is 0 Å². The standard InChI is InChI=1S/C17H36N2O/c1-4-16(5-2)19(12-13-20)14-15-10-8-7-9-11-17(15)18-6-3/h15-18,20H,4-14H2,1-3H3. The van der Waals surface area contributed by atoms with Gasteiger partial charge in [-0.05, 0) is 38.1 Å². The third-order valence-electron chi connectivity index (χ3n) is 4.94. The molecular formula is C17H36N2O. The third-order valence-corrected chi connectivity index (χ3v) is 4.94. The van der Waals surface area contributed by atoms with Crippen LogP contribution in [0.25, 0.3) is 0 Å². The first-order chi connectivity index (χ1) is 9.76. The second kappa shape index (κ2) is 10.6. The van der Waals surface area contributed by atoms with Crippen molar-refractivity contribution in [3.63, 3.8) is 0 Å². The lowest BCUT2D eigenvalue weighted by molar-refractivity contribution is 0.110. The van der Waals surface area contributed by atoms with Crippen LogP contribution in [0.15, 0.2) is 0 Å². The molecule has 0 bridgehead atoms. The van der Waals surface area contributed by atoms with Gasteiger partial charge in [-0.25, -0.2) is 0 Å². The van der Waals surface area contributed by atoms with Crippen molar-refractivity contribution in [3.05, 3.63) is 0 Å². The maximum atomic E-state index is 9.37. The summed E-state index contributed by atoms with van der Waals surface area (Å²) in [4.78, 5) is 2.54. The average Bonchev–Trinajstić information content (AvgIpc) is 2.67. The first-order valence-electron chi connectivity index (χ1n) is 8.85. The molecule has 0 aromatic carbocycles. The van der Waals surface area contributed by atoms with E-state index in [0.29, 0.717) is 12.1 Å². The van der Waals surface area contributed by atoms with E-state index in [2.05, 4.69) is 31.0 Å². The molecule has 2 unspecified atom stereocenters. The van der Waals surface area contributed by atoms with Gasteiger partial charge in [-0.1, -0.05) is 40.0 Å². The Kier molecular flexibility index (Phi) is 9.49. The number of aliphatic hydroxyl groups is 1. The van der Waals surface area contributed by atoms with Gasteiger partial charge in [-0.3, -0.25) is 4.90 Å². The molecule has 0 radical (unpaired) electrons. The Bertz CT molecular complexity index is 231. The molecule has 0 saturated heterocycles. The van der Waals surface area contributed by atoms with Crippen LogP contribution < -0.4 is 5.32 Å². The van der Waals surface area contributed by atoms with Crippen molar-refractivity contribution in [1.82, 2.24) is 10.2 Å². The van der Waals surface area contributed by atoms with Crippen LogP contribution >= 0.6 is 0 Å². The second-order valence-corrected chi connectivity index (χ2v) is 6.25. The van der Waals surface area contributed by atoms with Gasteiger partial charge in [0.25, 0.3) is 0 Å². The molecule has 1 aliphatic carbocycles. The summed E-state index contributed by atoms with van der Waals surface area (Å²) in [5.74, 6) is 0.754. The third kappa shape index (κ3) is 5.71. The topological polar surface area (TPSA) is 35.5 Å². The zero-order valence-corrected chi connectivity index (χ0v) is 13.9. The Hall–Kier alpha value is -0.120. The first-order valence-corrected chi connectivity index (χ1v) is 8.85. The van der Waals surface area contributed by atoms with E-state index in [1.54, 1.807) is 0 Å². The van der Waals surface area contributed by atoms with Crippen molar-refractivity contribution in [1.29, 1.82) is 0 Å². The summed E-state index contributed by atoms with van der Waals surface area (Å²) in [7, 11) is 0. The molecule has 1 fully saturated rings. The summed E-state index contributed by atoms with van der Waals surface area (Å²) in [5.41, 5.74) is 0.